The van der Waals surface area contributed by atoms with Crippen LogP contribution in [0.3, 0.4) is 0 Å². The number of carbonyl (C=O) groups is 2. The zero-order valence-corrected chi connectivity index (χ0v) is 14.6. The molecule has 5 N–H and O–H groups in total. The molecule has 0 aromatic heterocycles. The van der Waals surface area contributed by atoms with E-state index in [4.69, 9.17) is 34.0 Å². The van der Waals surface area contributed by atoms with Crippen molar-refractivity contribution in [1.29, 1.82) is 0 Å². The predicted molar refractivity (Wildman–Crippen MR) is 99.3 cm³/mol. The molecule has 0 spiro atoms. The summed E-state index contributed by atoms with van der Waals surface area (Å²) >= 11 is 12.0. The average Bonchev–Trinajstić information content (AvgIpc) is 2.56. The molecule has 25 heavy (non-hydrogen) atoms. The molecule has 0 aliphatic heterocycles. The van der Waals surface area contributed by atoms with Gasteiger partial charge in [0, 0.05) is 17.9 Å². The lowest BCUT2D eigenvalue weighted by molar-refractivity contribution is -0.117. The number of nitrogens with two attached hydrogens (primary N) is 1. The summed E-state index contributed by atoms with van der Waals surface area (Å²) in [4.78, 5) is 23.3. The minimum Gasteiger partial charge on any atom is -0.465 e. The van der Waals surface area contributed by atoms with Gasteiger partial charge in [-0.25, -0.2) is 4.79 Å². The molecule has 0 saturated carbocycles. The molecule has 2 aromatic rings. The van der Waals surface area contributed by atoms with Crippen molar-refractivity contribution < 1.29 is 14.7 Å². The maximum absolute atomic E-state index is 12.7. The van der Waals surface area contributed by atoms with E-state index in [1.165, 1.54) is 0 Å². The number of amides is 2. The number of benzene rings is 2. The van der Waals surface area contributed by atoms with Crippen molar-refractivity contribution in [1.82, 2.24) is 5.32 Å². The van der Waals surface area contributed by atoms with Crippen molar-refractivity contribution in [2.24, 2.45) is 0 Å². The van der Waals surface area contributed by atoms with Crippen LogP contribution >= 0.6 is 23.2 Å². The Kier molecular flexibility index (Phi) is 6.50. The number of nitrogen functional groups attached to an aromatic ring is 1. The Hall–Kier alpha value is -2.44. The summed E-state index contributed by atoms with van der Waals surface area (Å²) < 4.78 is 0. The summed E-state index contributed by atoms with van der Waals surface area (Å²) in [6, 6.07) is 11.6. The van der Waals surface area contributed by atoms with Gasteiger partial charge in [0.1, 0.15) is 0 Å². The zero-order chi connectivity index (χ0) is 18.4. The summed E-state index contributed by atoms with van der Waals surface area (Å²) in [6.45, 7) is 0.120. The van der Waals surface area contributed by atoms with E-state index in [-0.39, 0.29) is 18.9 Å². The second-order valence-electron chi connectivity index (χ2n) is 5.36. The molecule has 0 saturated heterocycles. The Bertz CT molecular complexity index is 766. The van der Waals surface area contributed by atoms with Crippen molar-refractivity contribution in [2.45, 2.75) is 12.3 Å². The fraction of sp³-hybridized carbons (Fsp3) is 0.176. The minimum atomic E-state index is -1.15. The van der Waals surface area contributed by atoms with Crippen LogP contribution in [0.5, 0.6) is 0 Å². The summed E-state index contributed by atoms with van der Waals surface area (Å²) in [5, 5.41) is 14.5. The molecule has 2 amide bonds. The van der Waals surface area contributed by atoms with Gasteiger partial charge in [0.2, 0.25) is 5.91 Å². The van der Waals surface area contributed by atoms with Crippen LogP contribution in [0.4, 0.5) is 16.2 Å². The number of halogens is 2. The lowest BCUT2D eigenvalue weighted by Gasteiger charge is -2.18. The number of carbonyl (C=O) groups excluding carboxylic acids is 1. The van der Waals surface area contributed by atoms with E-state index < -0.39 is 12.0 Å². The van der Waals surface area contributed by atoms with Crippen LogP contribution in [0.15, 0.2) is 42.5 Å². The highest BCUT2D eigenvalue weighted by Gasteiger charge is 2.22. The van der Waals surface area contributed by atoms with Crippen molar-refractivity contribution in [2.75, 3.05) is 17.6 Å². The Balaban J connectivity index is 2.19. The Labute approximate surface area is 154 Å². The summed E-state index contributed by atoms with van der Waals surface area (Å²) in [5.41, 5.74) is 7.46. The summed E-state index contributed by atoms with van der Waals surface area (Å²) in [6.07, 6.45) is -0.878. The fourth-order valence-corrected chi connectivity index (χ4v) is 2.60. The third-order valence-corrected chi connectivity index (χ3v) is 4.29. The van der Waals surface area contributed by atoms with Crippen LogP contribution in [-0.2, 0) is 4.79 Å². The largest absolute Gasteiger partial charge is 0.465 e. The molecule has 132 valence electrons. The number of rotatable bonds is 6. The van der Waals surface area contributed by atoms with Gasteiger partial charge in [-0.2, -0.15) is 0 Å². The van der Waals surface area contributed by atoms with Crippen molar-refractivity contribution in [3.8, 4) is 0 Å². The van der Waals surface area contributed by atoms with Crippen LogP contribution < -0.4 is 16.4 Å². The lowest BCUT2D eigenvalue weighted by atomic mass is 9.94. The molecule has 0 fully saturated rings. The molecule has 2 aromatic carbocycles. The highest BCUT2D eigenvalue weighted by molar-refractivity contribution is 6.42. The van der Waals surface area contributed by atoms with E-state index in [0.717, 1.165) is 0 Å². The third kappa shape index (κ3) is 5.55. The predicted octanol–water partition coefficient (Wildman–Crippen LogP) is 3.96. The fourth-order valence-electron chi connectivity index (χ4n) is 2.30. The van der Waals surface area contributed by atoms with Gasteiger partial charge in [-0.3, -0.25) is 4.79 Å². The van der Waals surface area contributed by atoms with Crippen LogP contribution in [0.1, 0.15) is 17.9 Å². The van der Waals surface area contributed by atoms with E-state index >= 15 is 0 Å². The van der Waals surface area contributed by atoms with E-state index in [0.29, 0.717) is 27.0 Å². The van der Waals surface area contributed by atoms with Crippen LogP contribution in [0.2, 0.25) is 10.0 Å². The summed E-state index contributed by atoms with van der Waals surface area (Å²) in [7, 11) is 0. The highest BCUT2D eigenvalue weighted by Crippen LogP contribution is 2.29. The number of anilines is 2. The normalized spacial score (nSPS) is 11.6. The zero-order valence-electron chi connectivity index (χ0n) is 13.1. The molecular formula is C17H17Cl2N3O3. The SMILES string of the molecule is Nc1ccc(NC(=O)C(CCNC(=O)O)c2ccc(Cl)c(Cl)c2)cc1. The first-order chi connectivity index (χ1) is 11.9. The first-order valence-corrected chi connectivity index (χ1v) is 8.20. The minimum absolute atomic E-state index is 0.120. The molecule has 8 heteroatoms. The van der Waals surface area contributed by atoms with E-state index in [1.54, 1.807) is 42.5 Å². The van der Waals surface area contributed by atoms with E-state index in [1.807, 2.05) is 0 Å². The van der Waals surface area contributed by atoms with Gasteiger partial charge in [-0.1, -0.05) is 29.3 Å². The molecule has 0 aliphatic carbocycles. The van der Waals surface area contributed by atoms with E-state index in [2.05, 4.69) is 10.6 Å². The smallest absolute Gasteiger partial charge is 0.404 e. The number of hydrogen-bond acceptors (Lipinski definition) is 3. The molecule has 0 aliphatic rings. The van der Waals surface area contributed by atoms with Gasteiger partial charge in [0.05, 0.1) is 16.0 Å². The third-order valence-electron chi connectivity index (χ3n) is 3.55. The molecule has 6 nitrogen and oxygen atoms in total. The first kappa shape index (κ1) is 18.9. The van der Waals surface area contributed by atoms with Gasteiger partial charge < -0.3 is 21.5 Å². The van der Waals surface area contributed by atoms with Gasteiger partial charge in [0.25, 0.3) is 0 Å². The van der Waals surface area contributed by atoms with Gasteiger partial charge in [0.15, 0.2) is 0 Å². The molecule has 0 radical (unpaired) electrons. The monoisotopic (exact) mass is 381 g/mol. The second kappa shape index (κ2) is 8.60. The van der Waals surface area contributed by atoms with Crippen LogP contribution in [-0.4, -0.2) is 23.7 Å². The Morgan fingerprint density at radius 2 is 1.76 bits per heavy atom. The van der Waals surface area contributed by atoms with E-state index in [9.17, 15) is 9.59 Å². The maximum atomic E-state index is 12.7. The Morgan fingerprint density at radius 3 is 2.36 bits per heavy atom. The van der Waals surface area contributed by atoms with Gasteiger partial charge in [-0.05, 0) is 48.4 Å². The molecule has 0 heterocycles. The summed E-state index contributed by atoms with van der Waals surface area (Å²) in [5.74, 6) is -0.880. The van der Waals surface area contributed by atoms with Crippen LogP contribution in [0.25, 0.3) is 0 Å². The van der Waals surface area contributed by atoms with Crippen LogP contribution in [0, 0.1) is 0 Å². The molecular weight excluding hydrogens is 365 g/mol. The molecule has 1 atom stereocenters. The van der Waals surface area contributed by atoms with Gasteiger partial charge in [-0.15, -0.1) is 0 Å². The topological polar surface area (TPSA) is 104 Å². The van der Waals surface area contributed by atoms with Gasteiger partial charge >= 0.3 is 6.09 Å². The second-order valence-corrected chi connectivity index (χ2v) is 6.17. The standard InChI is InChI=1S/C17H17Cl2N3O3/c18-14-6-1-10(9-15(14)19)13(7-8-21-17(24)25)16(23)22-12-4-2-11(20)3-5-12/h1-6,9,13,21H,7-8,20H2,(H,22,23)(H,24,25). The molecule has 1 unspecified atom stereocenters. The molecule has 0 bridgehead atoms. The number of hydrogen-bond donors (Lipinski definition) is 4. The lowest BCUT2D eigenvalue weighted by Crippen LogP contribution is -2.28. The van der Waals surface area contributed by atoms with Crippen molar-refractivity contribution in [3.63, 3.8) is 0 Å². The quantitative estimate of drug-likeness (QED) is 0.568. The number of nitrogens with one attached hydrogen (secondary N) is 2. The number of carboxylic acid groups (broad SMARTS) is 1. The molecule has 2 rings (SSSR count). The highest BCUT2D eigenvalue weighted by atomic mass is 35.5. The maximum Gasteiger partial charge on any atom is 0.404 e. The van der Waals surface area contributed by atoms with Crippen molar-refractivity contribution in [3.05, 3.63) is 58.1 Å². The Morgan fingerprint density at radius 1 is 1.08 bits per heavy atom. The average molecular weight is 382 g/mol. The van der Waals surface area contributed by atoms with Crippen molar-refractivity contribution >= 4 is 46.6 Å². The first-order valence-electron chi connectivity index (χ1n) is 7.45.